The molecular formula is C22H25ClN4O3. The molecule has 2 aliphatic rings. The van der Waals surface area contributed by atoms with Crippen LogP contribution in [-0.2, 0) is 4.74 Å². The number of carbonyl (C=O) groups is 2. The number of esters is 1. The molecule has 0 spiro atoms. The van der Waals surface area contributed by atoms with Crippen LogP contribution in [0.5, 0.6) is 0 Å². The fourth-order valence-electron chi connectivity index (χ4n) is 3.78. The van der Waals surface area contributed by atoms with Gasteiger partial charge in [-0.2, -0.15) is 0 Å². The molecule has 1 saturated carbocycles. The molecule has 4 rings (SSSR count). The molecule has 2 heterocycles. The molecule has 2 atom stereocenters. The summed E-state index contributed by atoms with van der Waals surface area (Å²) in [5, 5.41) is 3.55. The Bertz CT molecular complexity index is 916. The third-order valence-corrected chi connectivity index (χ3v) is 5.80. The zero-order valence-corrected chi connectivity index (χ0v) is 17.6. The summed E-state index contributed by atoms with van der Waals surface area (Å²) in [7, 11) is 0. The van der Waals surface area contributed by atoms with Crippen molar-refractivity contribution in [2.24, 2.45) is 0 Å². The predicted octanol–water partition coefficient (Wildman–Crippen LogP) is 3.30. The maximum absolute atomic E-state index is 12.6. The molecule has 1 aromatic carbocycles. The highest BCUT2D eigenvalue weighted by Gasteiger charge is 2.40. The maximum atomic E-state index is 12.6. The van der Waals surface area contributed by atoms with Gasteiger partial charge in [0.2, 0.25) is 0 Å². The van der Waals surface area contributed by atoms with E-state index in [4.69, 9.17) is 16.3 Å². The second-order valence-corrected chi connectivity index (χ2v) is 7.94. The first-order valence-corrected chi connectivity index (χ1v) is 10.6. The minimum atomic E-state index is -0.436. The van der Waals surface area contributed by atoms with Crippen LogP contribution in [0.15, 0.2) is 42.6 Å². The van der Waals surface area contributed by atoms with Gasteiger partial charge >= 0.3 is 12.0 Å². The quantitative estimate of drug-likeness (QED) is 0.739. The van der Waals surface area contributed by atoms with Crippen molar-refractivity contribution in [1.29, 1.82) is 0 Å². The van der Waals surface area contributed by atoms with E-state index in [1.807, 2.05) is 28.0 Å². The number of benzene rings is 1. The lowest BCUT2D eigenvalue weighted by Gasteiger charge is -2.35. The number of halogens is 1. The van der Waals surface area contributed by atoms with Gasteiger partial charge in [0.25, 0.3) is 0 Å². The number of carbonyl (C=O) groups excluding carboxylic acids is 2. The molecule has 1 aliphatic carbocycles. The van der Waals surface area contributed by atoms with Crippen molar-refractivity contribution in [2.75, 3.05) is 37.7 Å². The molecule has 1 N–H and O–H groups in total. The number of rotatable bonds is 5. The average molecular weight is 429 g/mol. The zero-order valence-electron chi connectivity index (χ0n) is 16.9. The fraction of sp³-hybridized carbons (Fsp3) is 0.409. The summed E-state index contributed by atoms with van der Waals surface area (Å²) >= 11 is 6.35. The monoisotopic (exact) mass is 428 g/mol. The van der Waals surface area contributed by atoms with Crippen molar-refractivity contribution >= 4 is 29.4 Å². The summed E-state index contributed by atoms with van der Waals surface area (Å²) < 4.78 is 4.98. The Balaban J connectivity index is 1.29. The van der Waals surface area contributed by atoms with Crippen molar-refractivity contribution in [1.82, 2.24) is 15.2 Å². The van der Waals surface area contributed by atoms with Gasteiger partial charge in [-0.1, -0.05) is 41.9 Å². The summed E-state index contributed by atoms with van der Waals surface area (Å²) in [4.78, 5) is 32.7. The van der Waals surface area contributed by atoms with Crippen LogP contribution in [0.2, 0.25) is 5.02 Å². The van der Waals surface area contributed by atoms with Crippen LogP contribution >= 0.6 is 11.6 Å². The van der Waals surface area contributed by atoms with Crippen LogP contribution in [-0.4, -0.2) is 60.7 Å². The van der Waals surface area contributed by atoms with E-state index in [0.29, 0.717) is 55.1 Å². The number of anilines is 1. The van der Waals surface area contributed by atoms with Gasteiger partial charge in [-0.05, 0) is 25.0 Å². The minimum absolute atomic E-state index is 0.0187. The molecule has 0 bridgehead atoms. The van der Waals surface area contributed by atoms with Gasteiger partial charge < -0.3 is 19.9 Å². The number of hydrogen-bond donors (Lipinski definition) is 1. The lowest BCUT2D eigenvalue weighted by atomic mass is 10.1. The van der Waals surface area contributed by atoms with Crippen molar-refractivity contribution in [3.63, 3.8) is 0 Å². The van der Waals surface area contributed by atoms with Gasteiger partial charge in [0.1, 0.15) is 5.82 Å². The van der Waals surface area contributed by atoms with Gasteiger partial charge in [0.05, 0.1) is 17.2 Å². The standard InChI is InChI=1S/C22H25ClN4O3/c1-2-30-21(28)16-12-18(23)20(24-14-16)26-8-10-27(11-9-26)22(29)25-19-13-17(19)15-6-4-3-5-7-15/h3-7,12,14,17,19H,2,8-11,13H2,1H3,(H,25,29)/t17-,19-/m1/s1. The predicted molar refractivity (Wildman–Crippen MR) is 115 cm³/mol. The van der Waals surface area contributed by atoms with Crippen molar-refractivity contribution in [3.05, 3.63) is 58.7 Å². The Hall–Kier alpha value is -2.80. The van der Waals surface area contributed by atoms with Gasteiger partial charge in [-0.25, -0.2) is 14.6 Å². The average Bonchev–Trinajstić information content (AvgIpc) is 3.53. The highest BCUT2D eigenvalue weighted by Crippen LogP contribution is 2.40. The number of urea groups is 1. The molecule has 2 aromatic rings. The fourth-order valence-corrected chi connectivity index (χ4v) is 4.07. The zero-order chi connectivity index (χ0) is 21.1. The molecular weight excluding hydrogens is 404 g/mol. The van der Waals surface area contributed by atoms with E-state index < -0.39 is 5.97 Å². The van der Waals surface area contributed by atoms with Crippen LogP contribution in [0.4, 0.5) is 10.6 Å². The Morgan fingerprint density at radius 3 is 2.60 bits per heavy atom. The number of pyridine rings is 1. The summed E-state index contributed by atoms with van der Waals surface area (Å²) in [5.41, 5.74) is 1.61. The number of ether oxygens (including phenoxy) is 1. The van der Waals surface area contributed by atoms with Gasteiger partial charge in [0, 0.05) is 44.3 Å². The number of amides is 2. The minimum Gasteiger partial charge on any atom is -0.462 e. The van der Waals surface area contributed by atoms with E-state index in [1.54, 1.807) is 13.0 Å². The molecule has 7 nitrogen and oxygen atoms in total. The third kappa shape index (κ3) is 4.51. The van der Waals surface area contributed by atoms with Gasteiger partial charge in [-0.15, -0.1) is 0 Å². The molecule has 1 aliphatic heterocycles. The Morgan fingerprint density at radius 2 is 1.93 bits per heavy atom. The third-order valence-electron chi connectivity index (χ3n) is 5.53. The molecule has 1 aromatic heterocycles. The molecule has 30 heavy (non-hydrogen) atoms. The van der Waals surface area contributed by atoms with Crippen molar-refractivity contribution < 1.29 is 14.3 Å². The summed E-state index contributed by atoms with van der Waals surface area (Å²) in [5.74, 6) is 0.599. The van der Waals surface area contributed by atoms with Crippen LogP contribution in [0.3, 0.4) is 0 Å². The molecule has 8 heteroatoms. The number of aromatic nitrogens is 1. The topological polar surface area (TPSA) is 74.8 Å². The highest BCUT2D eigenvalue weighted by atomic mass is 35.5. The first kappa shape index (κ1) is 20.5. The van der Waals surface area contributed by atoms with Crippen LogP contribution in [0.25, 0.3) is 0 Å². The molecule has 158 valence electrons. The number of piperazine rings is 1. The Morgan fingerprint density at radius 1 is 1.20 bits per heavy atom. The van der Waals surface area contributed by atoms with Gasteiger partial charge in [0.15, 0.2) is 0 Å². The summed E-state index contributed by atoms with van der Waals surface area (Å²) in [6, 6.07) is 12.1. The van der Waals surface area contributed by atoms with E-state index in [9.17, 15) is 9.59 Å². The SMILES string of the molecule is CCOC(=O)c1cnc(N2CCN(C(=O)N[C@@H]3C[C@@H]3c3ccccc3)CC2)c(Cl)c1. The van der Waals surface area contributed by atoms with E-state index in [0.717, 1.165) is 6.42 Å². The van der Waals surface area contributed by atoms with E-state index >= 15 is 0 Å². The largest absolute Gasteiger partial charge is 0.462 e. The lowest BCUT2D eigenvalue weighted by Crippen LogP contribution is -2.52. The first-order chi connectivity index (χ1) is 14.6. The normalized spacial score (nSPS) is 20.6. The summed E-state index contributed by atoms with van der Waals surface area (Å²) in [6.45, 7) is 4.49. The second-order valence-electron chi connectivity index (χ2n) is 7.53. The molecule has 2 fully saturated rings. The number of hydrogen-bond acceptors (Lipinski definition) is 5. The molecule has 1 saturated heterocycles. The highest BCUT2D eigenvalue weighted by molar-refractivity contribution is 6.33. The van der Waals surface area contributed by atoms with Gasteiger partial charge in [-0.3, -0.25) is 0 Å². The Kier molecular flexibility index (Phi) is 6.08. The molecule has 2 amide bonds. The first-order valence-electron chi connectivity index (χ1n) is 10.2. The smallest absolute Gasteiger partial charge is 0.339 e. The van der Waals surface area contributed by atoms with Crippen molar-refractivity contribution in [3.8, 4) is 0 Å². The molecule has 0 radical (unpaired) electrons. The van der Waals surface area contributed by atoms with E-state index in [-0.39, 0.29) is 12.1 Å². The Labute approximate surface area is 181 Å². The second kappa shape index (κ2) is 8.92. The maximum Gasteiger partial charge on any atom is 0.339 e. The van der Waals surface area contributed by atoms with Crippen LogP contribution < -0.4 is 10.2 Å². The van der Waals surface area contributed by atoms with E-state index in [1.165, 1.54) is 11.8 Å². The van der Waals surface area contributed by atoms with Crippen LogP contribution in [0.1, 0.15) is 35.2 Å². The number of nitrogens with zero attached hydrogens (tertiary/aromatic N) is 3. The summed E-state index contributed by atoms with van der Waals surface area (Å²) in [6.07, 6.45) is 2.47. The van der Waals surface area contributed by atoms with Crippen molar-refractivity contribution in [2.45, 2.75) is 25.3 Å². The van der Waals surface area contributed by atoms with E-state index in [2.05, 4.69) is 22.4 Å². The number of nitrogens with one attached hydrogen (secondary N) is 1. The van der Waals surface area contributed by atoms with Crippen LogP contribution in [0, 0.1) is 0 Å². The molecule has 0 unspecified atom stereocenters. The lowest BCUT2D eigenvalue weighted by molar-refractivity contribution is 0.0526.